The lowest BCUT2D eigenvalue weighted by Crippen LogP contribution is -2.28. The molecule has 0 bridgehead atoms. The number of carbonyl (C=O) groups is 1. The van der Waals surface area contributed by atoms with E-state index in [2.05, 4.69) is 12.1 Å². The summed E-state index contributed by atoms with van der Waals surface area (Å²) in [6.07, 6.45) is 6.00. The van der Waals surface area contributed by atoms with E-state index in [1.807, 2.05) is 0 Å². The Bertz CT molecular complexity index is 188. The molecular weight excluding hydrogens is 185 g/mol. The predicted octanol–water partition coefficient (Wildman–Crippen LogP) is 1.87. The highest BCUT2D eigenvalue weighted by molar-refractivity contribution is 6.33. The van der Waals surface area contributed by atoms with Crippen molar-refractivity contribution in [1.82, 2.24) is 5.32 Å². The van der Waals surface area contributed by atoms with Crippen LogP contribution in [-0.4, -0.2) is 26.2 Å². The van der Waals surface area contributed by atoms with Gasteiger partial charge in [0, 0.05) is 5.92 Å². The number of carbonyl (C=O) groups excluding carboxylic acids is 1. The number of hydrogen-bond donors (Lipinski definition) is 1. The summed E-state index contributed by atoms with van der Waals surface area (Å²) >= 11 is 0. The van der Waals surface area contributed by atoms with E-state index in [-0.39, 0.29) is 0 Å². The first kappa shape index (κ1) is 12.8. The Hall–Kier alpha value is -0.305. The minimum atomic E-state index is 0.372. The van der Waals surface area contributed by atoms with E-state index in [4.69, 9.17) is 0 Å². The predicted molar refractivity (Wildman–Crippen MR) is 66.8 cm³/mol. The monoisotopic (exact) mass is 209 g/mol. The minimum Gasteiger partial charge on any atom is -0.317 e. The van der Waals surface area contributed by atoms with Gasteiger partial charge in [-0.1, -0.05) is 13.1 Å². The molecule has 0 aliphatic heterocycles. The quantitative estimate of drug-likeness (QED) is 0.534. The Labute approximate surface area is 94.4 Å². The third-order valence-corrected chi connectivity index (χ3v) is 3.56. The van der Waals surface area contributed by atoms with Crippen molar-refractivity contribution in [3.05, 3.63) is 0 Å². The van der Waals surface area contributed by atoms with Crippen LogP contribution in [-0.2, 0) is 4.79 Å². The van der Waals surface area contributed by atoms with Gasteiger partial charge in [-0.15, -0.1) is 0 Å². The van der Waals surface area contributed by atoms with Crippen LogP contribution in [0.5, 0.6) is 0 Å². The summed E-state index contributed by atoms with van der Waals surface area (Å²) in [5, 5.41) is 3.52. The molecule has 2 nitrogen and oxygen atoms in total. The number of hydrogen-bond acceptors (Lipinski definition) is 2. The van der Waals surface area contributed by atoms with Gasteiger partial charge in [-0.25, -0.2) is 0 Å². The van der Waals surface area contributed by atoms with Crippen molar-refractivity contribution in [3.63, 3.8) is 0 Å². The molecule has 1 rings (SSSR count). The fourth-order valence-electron chi connectivity index (χ4n) is 2.38. The van der Waals surface area contributed by atoms with Gasteiger partial charge in [0.2, 0.25) is 0 Å². The van der Waals surface area contributed by atoms with Crippen LogP contribution in [0.4, 0.5) is 0 Å². The average molecular weight is 209 g/mol. The zero-order valence-corrected chi connectivity index (χ0v) is 10.2. The second kappa shape index (κ2) is 7.05. The number of Topliss-reactive ketones (excluding diaryl/α,β-unsaturated/α-hetero) is 1. The van der Waals surface area contributed by atoms with E-state index in [9.17, 15) is 4.79 Å². The van der Waals surface area contributed by atoms with Gasteiger partial charge in [0.25, 0.3) is 0 Å². The van der Waals surface area contributed by atoms with Crippen LogP contribution in [0.25, 0.3) is 0 Å². The molecule has 86 valence electrons. The largest absolute Gasteiger partial charge is 0.317 e. The molecule has 1 aliphatic rings. The Morgan fingerprint density at radius 3 is 2.53 bits per heavy atom. The third kappa shape index (κ3) is 4.83. The van der Waals surface area contributed by atoms with Gasteiger partial charge in [-0.05, 0) is 51.6 Å². The standard InChI is InChI=1S/C12H24BNO/c1-10(15)12-5-3-11(4-6-12)9-14-8-7-13-2/h11-14H,3-9H2,1-2H3/t11-,12-. The normalized spacial score (nSPS) is 26.3. The van der Waals surface area contributed by atoms with E-state index in [1.165, 1.54) is 26.4 Å². The van der Waals surface area contributed by atoms with Gasteiger partial charge < -0.3 is 5.32 Å². The van der Waals surface area contributed by atoms with Gasteiger partial charge in [-0.2, -0.15) is 0 Å². The topological polar surface area (TPSA) is 29.1 Å². The molecule has 0 aromatic heterocycles. The Balaban J connectivity index is 2.07. The molecule has 1 N–H and O–H groups in total. The summed E-state index contributed by atoms with van der Waals surface area (Å²) in [7, 11) is 1.27. The molecule has 0 atom stereocenters. The average Bonchev–Trinajstić information content (AvgIpc) is 2.25. The second-order valence-corrected chi connectivity index (χ2v) is 4.89. The maximum atomic E-state index is 11.2. The van der Waals surface area contributed by atoms with E-state index in [0.717, 1.165) is 31.8 Å². The summed E-state index contributed by atoms with van der Waals surface area (Å²) in [5.41, 5.74) is 0. The molecule has 0 aromatic rings. The molecule has 0 radical (unpaired) electrons. The molecule has 0 unspecified atom stereocenters. The molecular formula is C12H24BNO. The van der Waals surface area contributed by atoms with Crippen LogP contribution >= 0.6 is 0 Å². The highest BCUT2D eigenvalue weighted by Gasteiger charge is 2.23. The molecule has 0 amide bonds. The first-order valence-corrected chi connectivity index (χ1v) is 6.45. The van der Waals surface area contributed by atoms with Gasteiger partial charge in [0.15, 0.2) is 0 Å². The van der Waals surface area contributed by atoms with Crippen molar-refractivity contribution in [2.45, 2.75) is 45.8 Å². The third-order valence-electron chi connectivity index (χ3n) is 3.56. The van der Waals surface area contributed by atoms with Gasteiger partial charge in [-0.3, -0.25) is 4.79 Å². The molecule has 1 saturated carbocycles. The van der Waals surface area contributed by atoms with Crippen LogP contribution in [0.1, 0.15) is 32.6 Å². The first-order valence-electron chi connectivity index (χ1n) is 6.45. The lowest BCUT2D eigenvalue weighted by molar-refractivity contribution is -0.121. The highest BCUT2D eigenvalue weighted by atomic mass is 16.1. The fourth-order valence-corrected chi connectivity index (χ4v) is 2.38. The fraction of sp³-hybridized carbons (Fsp3) is 0.917. The summed E-state index contributed by atoms with van der Waals surface area (Å²) in [4.78, 5) is 11.2. The van der Waals surface area contributed by atoms with Crippen LogP contribution < -0.4 is 5.32 Å². The van der Waals surface area contributed by atoms with E-state index >= 15 is 0 Å². The van der Waals surface area contributed by atoms with Gasteiger partial charge in [0.05, 0.1) is 0 Å². The van der Waals surface area contributed by atoms with Crippen molar-refractivity contribution in [3.8, 4) is 0 Å². The Morgan fingerprint density at radius 1 is 1.33 bits per heavy atom. The second-order valence-electron chi connectivity index (χ2n) is 4.89. The van der Waals surface area contributed by atoms with Crippen molar-refractivity contribution in [1.29, 1.82) is 0 Å². The lowest BCUT2D eigenvalue weighted by Gasteiger charge is -2.27. The molecule has 3 heteroatoms. The minimum absolute atomic E-state index is 0.372. The molecule has 1 aliphatic carbocycles. The van der Waals surface area contributed by atoms with Crippen LogP contribution in [0.3, 0.4) is 0 Å². The zero-order valence-electron chi connectivity index (χ0n) is 10.2. The molecule has 0 saturated heterocycles. The van der Waals surface area contributed by atoms with Crippen molar-refractivity contribution < 1.29 is 4.79 Å². The first-order chi connectivity index (χ1) is 7.24. The van der Waals surface area contributed by atoms with E-state index in [1.54, 1.807) is 6.92 Å². The van der Waals surface area contributed by atoms with Crippen molar-refractivity contribution in [2.75, 3.05) is 13.1 Å². The van der Waals surface area contributed by atoms with Crippen molar-refractivity contribution >= 4 is 13.1 Å². The molecule has 0 aromatic carbocycles. The highest BCUT2D eigenvalue weighted by Crippen LogP contribution is 2.28. The van der Waals surface area contributed by atoms with Crippen LogP contribution in [0, 0.1) is 11.8 Å². The molecule has 1 fully saturated rings. The number of ketones is 1. The summed E-state index contributed by atoms with van der Waals surface area (Å²) in [6.45, 7) is 6.28. The maximum absolute atomic E-state index is 11.2. The van der Waals surface area contributed by atoms with Crippen LogP contribution in [0.2, 0.25) is 13.1 Å². The Kier molecular flexibility index (Phi) is 6.00. The summed E-state index contributed by atoms with van der Waals surface area (Å²) in [6, 6.07) is 0. The lowest BCUT2D eigenvalue weighted by atomic mass is 9.78. The smallest absolute Gasteiger partial charge is 0.132 e. The summed E-state index contributed by atoms with van der Waals surface area (Å²) < 4.78 is 0. The zero-order chi connectivity index (χ0) is 11.1. The van der Waals surface area contributed by atoms with E-state index < -0.39 is 0 Å². The molecule has 0 spiro atoms. The van der Waals surface area contributed by atoms with Crippen molar-refractivity contribution in [2.24, 2.45) is 11.8 Å². The van der Waals surface area contributed by atoms with Crippen LogP contribution in [0.15, 0.2) is 0 Å². The number of rotatable bonds is 6. The number of nitrogens with one attached hydrogen (secondary N) is 1. The SMILES string of the molecule is CBCCNC[C@H]1CC[C@H](C(C)=O)CC1. The van der Waals surface area contributed by atoms with E-state index in [0.29, 0.717) is 11.7 Å². The summed E-state index contributed by atoms with van der Waals surface area (Å²) in [5.74, 6) is 1.58. The Morgan fingerprint density at radius 2 is 2.00 bits per heavy atom. The van der Waals surface area contributed by atoms with Gasteiger partial charge in [0.1, 0.15) is 13.1 Å². The molecule has 0 heterocycles. The van der Waals surface area contributed by atoms with Gasteiger partial charge >= 0.3 is 0 Å². The molecule has 15 heavy (non-hydrogen) atoms. The maximum Gasteiger partial charge on any atom is 0.132 e.